The number of amides is 1. The molecule has 0 fully saturated rings. The van der Waals surface area contributed by atoms with E-state index in [2.05, 4.69) is 5.32 Å². The number of carbonyl (C=O) groups excluding carboxylic acids is 2. The molecule has 5 nitrogen and oxygen atoms in total. The maximum absolute atomic E-state index is 12.5. The van der Waals surface area contributed by atoms with Crippen molar-refractivity contribution in [2.75, 3.05) is 19.0 Å². The van der Waals surface area contributed by atoms with Gasteiger partial charge in [0.15, 0.2) is 6.61 Å². The minimum Gasteiger partial charge on any atom is -0.497 e. The van der Waals surface area contributed by atoms with Crippen LogP contribution in [0.4, 0.5) is 5.69 Å². The van der Waals surface area contributed by atoms with Crippen LogP contribution in [0.3, 0.4) is 0 Å². The molecule has 0 atom stereocenters. The fourth-order valence-electron chi connectivity index (χ4n) is 2.61. The third kappa shape index (κ3) is 4.73. The molecule has 0 radical (unpaired) electrons. The number of rotatable bonds is 6. The third-order valence-electron chi connectivity index (χ3n) is 3.94. The van der Waals surface area contributed by atoms with Gasteiger partial charge in [0, 0.05) is 5.69 Å². The maximum atomic E-state index is 12.5. The molecule has 3 aromatic carbocycles. The molecule has 3 rings (SSSR count). The number of benzene rings is 3. The fourth-order valence-corrected chi connectivity index (χ4v) is 2.61. The van der Waals surface area contributed by atoms with Crippen LogP contribution in [-0.2, 0) is 9.53 Å². The number of ether oxygens (including phenoxy) is 2. The van der Waals surface area contributed by atoms with Gasteiger partial charge in [-0.25, -0.2) is 4.79 Å². The van der Waals surface area contributed by atoms with Crippen LogP contribution in [0, 0.1) is 0 Å². The molecule has 0 bridgehead atoms. The van der Waals surface area contributed by atoms with Crippen LogP contribution in [0.2, 0.25) is 0 Å². The molecule has 136 valence electrons. The van der Waals surface area contributed by atoms with E-state index in [1.54, 1.807) is 43.5 Å². The van der Waals surface area contributed by atoms with E-state index in [1.165, 1.54) is 0 Å². The van der Waals surface area contributed by atoms with E-state index in [0.717, 1.165) is 11.1 Å². The monoisotopic (exact) mass is 361 g/mol. The van der Waals surface area contributed by atoms with E-state index in [-0.39, 0.29) is 6.61 Å². The van der Waals surface area contributed by atoms with E-state index in [0.29, 0.717) is 17.0 Å². The summed E-state index contributed by atoms with van der Waals surface area (Å²) in [6.07, 6.45) is 0. The zero-order chi connectivity index (χ0) is 19.1. The Kier molecular flexibility index (Phi) is 5.84. The van der Waals surface area contributed by atoms with Gasteiger partial charge in [-0.1, -0.05) is 48.5 Å². The summed E-state index contributed by atoms with van der Waals surface area (Å²) in [6.45, 7) is -0.367. The highest BCUT2D eigenvalue weighted by molar-refractivity contribution is 5.99. The molecule has 0 aliphatic heterocycles. The summed E-state index contributed by atoms with van der Waals surface area (Å²) in [4.78, 5) is 24.5. The van der Waals surface area contributed by atoms with E-state index in [4.69, 9.17) is 9.47 Å². The number of hydrogen-bond donors (Lipinski definition) is 1. The van der Waals surface area contributed by atoms with Crippen LogP contribution in [0.1, 0.15) is 10.4 Å². The molecule has 0 aromatic heterocycles. The van der Waals surface area contributed by atoms with Crippen molar-refractivity contribution in [3.8, 4) is 16.9 Å². The van der Waals surface area contributed by atoms with Crippen LogP contribution < -0.4 is 10.1 Å². The van der Waals surface area contributed by atoms with Crippen molar-refractivity contribution >= 4 is 17.6 Å². The average Bonchev–Trinajstić information content (AvgIpc) is 2.73. The van der Waals surface area contributed by atoms with Crippen LogP contribution in [0.15, 0.2) is 78.9 Å². The second-order valence-corrected chi connectivity index (χ2v) is 5.76. The van der Waals surface area contributed by atoms with Crippen molar-refractivity contribution in [1.82, 2.24) is 0 Å². The molecule has 0 heterocycles. The highest BCUT2D eigenvalue weighted by atomic mass is 16.5. The molecule has 1 amide bonds. The standard InChI is InChI=1S/C22H19NO4/c1-26-18-13-11-17(12-14-18)23-21(24)15-27-22(25)20-10-6-5-9-19(20)16-7-3-2-4-8-16/h2-14H,15H2,1H3,(H,23,24). The zero-order valence-electron chi connectivity index (χ0n) is 14.8. The Balaban J connectivity index is 1.63. The quantitative estimate of drug-likeness (QED) is 0.670. The van der Waals surface area contributed by atoms with Gasteiger partial charge in [-0.15, -0.1) is 0 Å². The lowest BCUT2D eigenvalue weighted by Crippen LogP contribution is -2.21. The lowest BCUT2D eigenvalue weighted by atomic mass is 10.00. The summed E-state index contributed by atoms with van der Waals surface area (Å²) in [5.74, 6) is -0.262. The number of esters is 1. The molecule has 5 heteroatoms. The van der Waals surface area contributed by atoms with E-state index >= 15 is 0 Å². The number of anilines is 1. The first-order valence-corrected chi connectivity index (χ1v) is 8.43. The largest absolute Gasteiger partial charge is 0.497 e. The Labute approximate surface area is 157 Å². The zero-order valence-corrected chi connectivity index (χ0v) is 14.8. The third-order valence-corrected chi connectivity index (χ3v) is 3.94. The summed E-state index contributed by atoms with van der Waals surface area (Å²) in [6, 6.07) is 23.6. The Morgan fingerprint density at radius 2 is 1.52 bits per heavy atom. The van der Waals surface area contributed by atoms with Gasteiger partial charge in [0.2, 0.25) is 0 Å². The minimum atomic E-state index is -0.542. The van der Waals surface area contributed by atoms with E-state index < -0.39 is 11.9 Å². The molecular formula is C22H19NO4. The van der Waals surface area contributed by atoms with Gasteiger partial charge in [-0.05, 0) is 41.5 Å². The topological polar surface area (TPSA) is 64.6 Å². The van der Waals surface area contributed by atoms with Gasteiger partial charge >= 0.3 is 5.97 Å². The predicted octanol–water partition coefficient (Wildman–Crippen LogP) is 4.16. The predicted molar refractivity (Wildman–Crippen MR) is 104 cm³/mol. The van der Waals surface area contributed by atoms with Crippen LogP contribution in [-0.4, -0.2) is 25.6 Å². The van der Waals surface area contributed by atoms with Gasteiger partial charge in [-0.2, -0.15) is 0 Å². The first kappa shape index (κ1) is 18.2. The average molecular weight is 361 g/mol. The second kappa shape index (κ2) is 8.67. The molecule has 0 saturated heterocycles. The van der Waals surface area contributed by atoms with Crippen molar-refractivity contribution < 1.29 is 19.1 Å². The van der Waals surface area contributed by atoms with Gasteiger partial charge in [-0.3, -0.25) is 4.79 Å². The SMILES string of the molecule is COc1ccc(NC(=O)COC(=O)c2ccccc2-c2ccccc2)cc1. The smallest absolute Gasteiger partial charge is 0.339 e. The van der Waals surface area contributed by atoms with E-state index in [9.17, 15) is 9.59 Å². The highest BCUT2D eigenvalue weighted by Gasteiger charge is 2.15. The van der Waals surface area contributed by atoms with Crippen molar-refractivity contribution in [2.24, 2.45) is 0 Å². The lowest BCUT2D eigenvalue weighted by Gasteiger charge is -2.10. The Morgan fingerprint density at radius 3 is 2.22 bits per heavy atom. The molecule has 3 aromatic rings. The van der Waals surface area contributed by atoms with Gasteiger partial charge in [0.05, 0.1) is 12.7 Å². The van der Waals surface area contributed by atoms with Crippen molar-refractivity contribution in [1.29, 1.82) is 0 Å². The van der Waals surface area contributed by atoms with Crippen molar-refractivity contribution in [3.05, 3.63) is 84.4 Å². The first-order chi connectivity index (χ1) is 13.2. The Hall–Kier alpha value is -3.60. The molecule has 0 aliphatic carbocycles. The lowest BCUT2D eigenvalue weighted by molar-refractivity contribution is -0.119. The molecular weight excluding hydrogens is 342 g/mol. The second-order valence-electron chi connectivity index (χ2n) is 5.76. The summed E-state index contributed by atoms with van der Waals surface area (Å²) >= 11 is 0. The van der Waals surface area contributed by atoms with Crippen LogP contribution in [0.25, 0.3) is 11.1 Å². The van der Waals surface area contributed by atoms with Crippen molar-refractivity contribution in [3.63, 3.8) is 0 Å². The summed E-state index contributed by atoms with van der Waals surface area (Å²) in [5.41, 5.74) is 2.69. The summed E-state index contributed by atoms with van der Waals surface area (Å²) in [7, 11) is 1.57. The first-order valence-electron chi connectivity index (χ1n) is 8.43. The number of hydrogen-bond acceptors (Lipinski definition) is 4. The van der Waals surface area contributed by atoms with Crippen LogP contribution >= 0.6 is 0 Å². The summed E-state index contributed by atoms with van der Waals surface area (Å²) in [5, 5.41) is 2.67. The van der Waals surface area contributed by atoms with Crippen LogP contribution in [0.5, 0.6) is 5.75 Å². The normalized spacial score (nSPS) is 10.1. The minimum absolute atomic E-state index is 0.367. The Morgan fingerprint density at radius 1 is 0.852 bits per heavy atom. The van der Waals surface area contributed by atoms with Gasteiger partial charge in [0.25, 0.3) is 5.91 Å². The number of nitrogens with one attached hydrogen (secondary N) is 1. The van der Waals surface area contributed by atoms with Gasteiger partial charge in [0.1, 0.15) is 5.75 Å². The molecule has 0 aliphatic rings. The molecule has 0 spiro atoms. The fraction of sp³-hybridized carbons (Fsp3) is 0.0909. The molecule has 0 saturated carbocycles. The maximum Gasteiger partial charge on any atom is 0.339 e. The molecule has 1 N–H and O–H groups in total. The van der Waals surface area contributed by atoms with E-state index in [1.807, 2.05) is 42.5 Å². The van der Waals surface area contributed by atoms with Crippen molar-refractivity contribution in [2.45, 2.75) is 0 Å². The highest BCUT2D eigenvalue weighted by Crippen LogP contribution is 2.24. The Bertz CT molecular complexity index is 921. The molecule has 27 heavy (non-hydrogen) atoms. The number of carbonyl (C=O) groups is 2. The molecule has 0 unspecified atom stereocenters. The van der Waals surface area contributed by atoms with Gasteiger partial charge < -0.3 is 14.8 Å². The number of methoxy groups -OCH3 is 1. The summed E-state index contributed by atoms with van der Waals surface area (Å²) < 4.78 is 10.3.